The molecule has 206 valence electrons. The molecule has 1 aliphatic carbocycles. The summed E-state index contributed by atoms with van der Waals surface area (Å²) in [6.45, 7) is 9.37. The van der Waals surface area contributed by atoms with Gasteiger partial charge in [0.1, 0.15) is 6.10 Å². The summed E-state index contributed by atoms with van der Waals surface area (Å²) in [6.07, 6.45) is 7.15. The van der Waals surface area contributed by atoms with Gasteiger partial charge in [-0.15, -0.1) is 0 Å². The molecule has 0 saturated carbocycles. The highest BCUT2D eigenvalue weighted by Crippen LogP contribution is 2.29. The zero-order valence-corrected chi connectivity index (χ0v) is 23.0. The van der Waals surface area contributed by atoms with E-state index in [1.54, 1.807) is 13.8 Å². The molecule has 0 bridgehead atoms. The van der Waals surface area contributed by atoms with Crippen LogP contribution in [0.1, 0.15) is 105 Å². The van der Waals surface area contributed by atoms with Gasteiger partial charge < -0.3 is 18.9 Å². The van der Waals surface area contributed by atoms with Crippen LogP contribution in [0.15, 0.2) is 11.6 Å². The lowest BCUT2D eigenvalue weighted by atomic mass is 9.91. The second kappa shape index (κ2) is 17.1. The molecular weight excluding hydrogens is 464 g/mol. The Labute approximate surface area is 216 Å². The molecule has 5 atom stereocenters. The fourth-order valence-electron chi connectivity index (χ4n) is 3.83. The van der Waals surface area contributed by atoms with Crippen LogP contribution in [0, 0.1) is 11.8 Å². The van der Waals surface area contributed by atoms with Crippen molar-refractivity contribution in [2.24, 2.45) is 11.8 Å². The van der Waals surface area contributed by atoms with Gasteiger partial charge in [-0.25, -0.2) is 4.79 Å². The van der Waals surface area contributed by atoms with E-state index in [2.05, 4.69) is 6.92 Å². The summed E-state index contributed by atoms with van der Waals surface area (Å²) < 4.78 is 22.0. The van der Waals surface area contributed by atoms with Gasteiger partial charge in [-0.05, 0) is 25.3 Å². The van der Waals surface area contributed by atoms with E-state index in [0.717, 1.165) is 19.3 Å². The predicted molar refractivity (Wildman–Crippen MR) is 136 cm³/mol. The molecule has 0 saturated heterocycles. The summed E-state index contributed by atoms with van der Waals surface area (Å²) in [5.41, 5.74) is 0.209. The second-order valence-corrected chi connectivity index (χ2v) is 9.71. The second-order valence-electron chi connectivity index (χ2n) is 9.71. The molecule has 0 fully saturated rings. The molecule has 0 aromatic rings. The van der Waals surface area contributed by atoms with Crippen LogP contribution in [0.2, 0.25) is 0 Å². The number of carbonyl (C=O) groups is 4. The Balaban J connectivity index is 3.04. The van der Waals surface area contributed by atoms with E-state index in [0.29, 0.717) is 19.3 Å². The normalized spacial score (nSPS) is 21.1. The quantitative estimate of drug-likeness (QED) is 0.153. The lowest BCUT2D eigenvalue weighted by Gasteiger charge is -2.35. The molecule has 0 aliphatic heterocycles. The molecule has 0 amide bonds. The van der Waals surface area contributed by atoms with Crippen molar-refractivity contribution in [1.29, 1.82) is 0 Å². The first-order valence-corrected chi connectivity index (χ1v) is 13.6. The van der Waals surface area contributed by atoms with E-state index < -0.39 is 42.2 Å². The highest BCUT2D eigenvalue weighted by molar-refractivity contribution is 5.89. The van der Waals surface area contributed by atoms with Crippen LogP contribution in [0.25, 0.3) is 0 Å². The monoisotopic (exact) mass is 510 g/mol. The number of methoxy groups -OCH3 is 1. The fourth-order valence-corrected chi connectivity index (χ4v) is 3.83. The van der Waals surface area contributed by atoms with Gasteiger partial charge in [0, 0.05) is 18.4 Å². The lowest BCUT2D eigenvalue weighted by Crippen LogP contribution is -2.49. The molecule has 0 heterocycles. The SMILES string of the molecule is CCCCCCCCCC(=O)OC1C(OC(=O)C(C)CC)C=C(C(=O)OC)CC1OC(=O)C(C)CC. The Bertz CT molecular complexity index is 744. The maximum absolute atomic E-state index is 12.7. The van der Waals surface area contributed by atoms with Gasteiger partial charge in [-0.1, -0.05) is 73.1 Å². The third kappa shape index (κ3) is 10.7. The zero-order chi connectivity index (χ0) is 27.1. The van der Waals surface area contributed by atoms with E-state index in [4.69, 9.17) is 18.9 Å². The number of hydrogen-bond donors (Lipinski definition) is 0. The van der Waals surface area contributed by atoms with E-state index in [9.17, 15) is 19.2 Å². The van der Waals surface area contributed by atoms with Crippen LogP contribution in [-0.4, -0.2) is 49.3 Å². The van der Waals surface area contributed by atoms with Gasteiger partial charge >= 0.3 is 23.9 Å². The number of ether oxygens (including phenoxy) is 4. The number of unbranched alkanes of at least 4 members (excludes halogenated alkanes) is 6. The summed E-state index contributed by atoms with van der Waals surface area (Å²) in [5, 5.41) is 0. The third-order valence-electron chi connectivity index (χ3n) is 6.73. The summed E-state index contributed by atoms with van der Waals surface area (Å²) in [5.74, 6) is -2.76. The number of carbonyl (C=O) groups excluding carboxylic acids is 4. The standard InChI is InChI=1S/C28H46O8/c1-7-10-11-12-13-14-15-16-24(29)36-25-22(34-26(30)19(4)8-2)17-21(28(32)33-6)18-23(25)35-27(31)20(5)9-3/h17,19-20,22-23,25H,7-16,18H2,1-6H3. The van der Waals surface area contributed by atoms with Gasteiger partial charge in [0.05, 0.1) is 18.9 Å². The fraction of sp³-hybridized carbons (Fsp3) is 0.786. The highest BCUT2D eigenvalue weighted by Gasteiger charge is 2.43. The van der Waals surface area contributed by atoms with Crippen molar-refractivity contribution in [2.45, 2.75) is 124 Å². The van der Waals surface area contributed by atoms with E-state index in [1.807, 2.05) is 13.8 Å². The van der Waals surface area contributed by atoms with Gasteiger partial charge in [0.25, 0.3) is 0 Å². The van der Waals surface area contributed by atoms with Crippen LogP contribution in [0.4, 0.5) is 0 Å². The summed E-state index contributed by atoms with van der Waals surface area (Å²) in [4.78, 5) is 50.3. The van der Waals surface area contributed by atoms with Crippen molar-refractivity contribution in [1.82, 2.24) is 0 Å². The molecule has 0 aromatic carbocycles. The van der Waals surface area contributed by atoms with E-state index >= 15 is 0 Å². The number of esters is 4. The molecule has 0 N–H and O–H groups in total. The maximum atomic E-state index is 12.7. The maximum Gasteiger partial charge on any atom is 0.333 e. The Kier molecular flexibility index (Phi) is 15.1. The van der Waals surface area contributed by atoms with E-state index in [1.165, 1.54) is 32.4 Å². The van der Waals surface area contributed by atoms with Crippen LogP contribution in [-0.2, 0) is 38.1 Å². The Morgan fingerprint density at radius 2 is 1.39 bits per heavy atom. The zero-order valence-electron chi connectivity index (χ0n) is 23.0. The van der Waals surface area contributed by atoms with Crippen molar-refractivity contribution < 1.29 is 38.1 Å². The smallest absolute Gasteiger partial charge is 0.333 e. The summed E-state index contributed by atoms with van der Waals surface area (Å²) in [6, 6.07) is 0. The molecule has 1 aliphatic rings. The van der Waals surface area contributed by atoms with Gasteiger partial charge in [0.15, 0.2) is 12.2 Å². The topological polar surface area (TPSA) is 105 Å². The number of hydrogen-bond acceptors (Lipinski definition) is 8. The largest absolute Gasteiger partial charge is 0.466 e. The van der Waals surface area contributed by atoms with Gasteiger partial charge in [0.2, 0.25) is 0 Å². The van der Waals surface area contributed by atoms with Crippen molar-refractivity contribution in [2.75, 3.05) is 7.11 Å². The first-order chi connectivity index (χ1) is 17.2. The Hall–Kier alpha value is -2.38. The van der Waals surface area contributed by atoms with Gasteiger partial charge in [-0.3, -0.25) is 14.4 Å². The van der Waals surface area contributed by atoms with E-state index in [-0.39, 0.29) is 30.3 Å². The molecular formula is C28H46O8. The van der Waals surface area contributed by atoms with Crippen molar-refractivity contribution >= 4 is 23.9 Å². The molecule has 1 rings (SSSR count). The minimum atomic E-state index is -1.07. The first kappa shape index (κ1) is 31.6. The number of rotatable bonds is 16. The molecule has 8 nitrogen and oxygen atoms in total. The Morgan fingerprint density at radius 3 is 1.94 bits per heavy atom. The third-order valence-corrected chi connectivity index (χ3v) is 6.73. The van der Waals surface area contributed by atoms with Crippen LogP contribution >= 0.6 is 0 Å². The molecule has 5 unspecified atom stereocenters. The molecule has 0 spiro atoms. The Morgan fingerprint density at radius 1 is 0.833 bits per heavy atom. The van der Waals surface area contributed by atoms with Crippen LogP contribution in [0.5, 0.6) is 0 Å². The first-order valence-electron chi connectivity index (χ1n) is 13.6. The van der Waals surface area contributed by atoms with Crippen molar-refractivity contribution in [3.05, 3.63) is 11.6 Å². The van der Waals surface area contributed by atoms with Crippen LogP contribution < -0.4 is 0 Å². The molecule has 0 aromatic heterocycles. The summed E-state index contributed by atoms with van der Waals surface area (Å²) in [7, 11) is 1.25. The average molecular weight is 511 g/mol. The van der Waals surface area contributed by atoms with Crippen LogP contribution in [0.3, 0.4) is 0 Å². The summed E-state index contributed by atoms with van der Waals surface area (Å²) >= 11 is 0. The minimum Gasteiger partial charge on any atom is -0.466 e. The highest BCUT2D eigenvalue weighted by atomic mass is 16.6. The molecule has 8 heteroatoms. The minimum absolute atomic E-state index is 0.00159. The predicted octanol–water partition coefficient (Wildman–Crippen LogP) is 5.46. The van der Waals surface area contributed by atoms with Crippen molar-refractivity contribution in [3.8, 4) is 0 Å². The van der Waals surface area contributed by atoms with Gasteiger partial charge in [-0.2, -0.15) is 0 Å². The molecule has 36 heavy (non-hydrogen) atoms. The molecule has 0 radical (unpaired) electrons. The lowest BCUT2D eigenvalue weighted by molar-refractivity contribution is -0.186. The van der Waals surface area contributed by atoms with Crippen molar-refractivity contribution in [3.63, 3.8) is 0 Å². The average Bonchev–Trinajstić information content (AvgIpc) is 2.87.